The number of nitrogens with one attached hydrogen (secondary N) is 1. The smallest absolute Gasteiger partial charge is 0.409 e. The number of benzene rings is 1. The van der Waals surface area contributed by atoms with Crippen LogP contribution in [-0.4, -0.2) is 119 Å². The fourth-order valence-corrected chi connectivity index (χ4v) is 8.12. The van der Waals surface area contributed by atoms with E-state index in [1.807, 2.05) is 32.2 Å². The normalized spacial score (nSPS) is 31.7. The number of nitrogens with zero attached hydrogens (tertiary/aromatic N) is 1. The van der Waals surface area contributed by atoms with Crippen LogP contribution in [0.25, 0.3) is 0 Å². The highest BCUT2D eigenvalue weighted by Gasteiger charge is 2.64. The molecule has 52 heavy (non-hydrogen) atoms. The summed E-state index contributed by atoms with van der Waals surface area (Å²) in [6.07, 6.45) is 2.91. The fourth-order valence-electron chi connectivity index (χ4n) is 6.55. The SMILES string of the molecule is COc1cc2cc(c1Cl)N(C)C(=O)C[C@H](OC(=O)C(COCCCSSC)OC)[C@]1(C)O[C@H]1[C@H](C)C1C[C@@](O)(NC(=O)O1)[C@H](OC)/C=C/C=C(\C)C2. The van der Waals surface area contributed by atoms with Crippen LogP contribution in [0.15, 0.2) is 35.9 Å². The highest BCUT2D eigenvalue weighted by atomic mass is 35.5. The average Bonchev–Trinajstić information content (AvgIpc) is 3.80. The van der Waals surface area contributed by atoms with Gasteiger partial charge < -0.3 is 43.2 Å². The van der Waals surface area contributed by atoms with Crippen LogP contribution in [0.2, 0.25) is 5.02 Å². The summed E-state index contributed by atoms with van der Waals surface area (Å²) in [5.74, 6) is -0.338. The topological polar surface area (TPSA) is 155 Å². The number of anilines is 1. The van der Waals surface area contributed by atoms with Crippen molar-refractivity contribution in [2.45, 2.75) is 88.3 Å². The lowest BCUT2D eigenvalue weighted by Crippen LogP contribution is -2.63. The molecule has 290 valence electrons. The van der Waals surface area contributed by atoms with Gasteiger partial charge in [0.2, 0.25) is 5.91 Å². The maximum absolute atomic E-state index is 14.1. The minimum Gasteiger partial charge on any atom is -0.495 e. The molecule has 2 amide bonds. The van der Waals surface area contributed by atoms with Crippen molar-refractivity contribution >= 4 is 56.8 Å². The fraction of sp³-hybridized carbons (Fsp3) is 0.639. The lowest BCUT2D eigenvalue weighted by Gasteiger charge is -2.42. The Kier molecular flexibility index (Phi) is 15.2. The van der Waals surface area contributed by atoms with Crippen LogP contribution < -0.4 is 15.0 Å². The number of carbonyl (C=O) groups is 3. The summed E-state index contributed by atoms with van der Waals surface area (Å²) < 4.78 is 40.4. The molecule has 0 radical (unpaired) electrons. The second-order valence-corrected chi connectivity index (χ2v) is 16.4. The Morgan fingerprint density at radius 2 is 2.00 bits per heavy atom. The number of esters is 1. The molecule has 13 nitrogen and oxygen atoms in total. The van der Waals surface area contributed by atoms with Crippen LogP contribution in [0.4, 0.5) is 10.5 Å². The quantitative estimate of drug-likeness (QED) is 0.125. The summed E-state index contributed by atoms with van der Waals surface area (Å²) in [5.41, 5.74) is -0.811. The van der Waals surface area contributed by atoms with Gasteiger partial charge in [-0.25, -0.2) is 9.59 Å². The Labute approximate surface area is 318 Å². The molecule has 0 aliphatic carbocycles. The monoisotopic (exact) mass is 786 g/mol. The van der Waals surface area contributed by atoms with Crippen molar-refractivity contribution in [1.29, 1.82) is 0 Å². The molecule has 3 aliphatic heterocycles. The summed E-state index contributed by atoms with van der Waals surface area (Å²) >= 11 is 6.76. The van der Waals surface area contributed by atoms with Crippen molar-refractivity contribution in [2.24, 2.45) is 5.92 Å². The van der Waals surface area contributed by atoms with Gasteiger partial charge in [0.25, 0.3) is 0 Å². The first-order valence-electron chi connectivity index (χ1n) is 17.1. The Morgan fingerprint density at radius 1 is 1.25 bits per heavy atom. The molecular weight excluding hydrogens is 736 g/mol. The van der Waals surface area contributed by atoms with Gasteiger partial charge >= 0.3 is 12.1 Å². The molecule has 2 unspecified atom stereocenters. The molecule has 4 rings (SSSR count). The van der Waals surface area contributed by atoms with Crippen molar-refractivity contribution in [2.75, 3.05) is 58.5 Å². The Hall–Kier alpha value is -2.50. The molecule has 2 saturated heterocycles. The van der Waals surface area contributed by atoms with Gasteiger partial charge in [0.1, 0.15) is 34.7 Å². The van der Waals surface area contributed by atoms with Gasteiger partial charge in [-0.05, 0) is 50.6 Å². The first-order valence-corrected chi connectivity index (χ1v) is 20.2. The Morgan fingerprint density at radius 3 is 2.67 bits per heavy atom. The third kappa shape index (κ3) is 10.2. The maximum Gasteiger partial charge on any atom is 0.409 e. The minimum absolute atomic E-state index is 0.0316. The number of rotatable bonds is 12. The van der Waals surface area contributed by atoms with Crippen molar-refractivity contribution in [3.8, 4) is 5.75 Å². The first-order chi connectivity index (χ1) is 24.7. The van der Waals surface area contributed by atoms with Crippen molar-refractivity contribution in [3.63, 3.8) is 0 Å². The maximum atomic E-state index is 14.1. The van der Waals surface area contributed by atoms with E-state index in [9.17, 15) is 19.5 Å². The van der Waals surface area contributed by atoms with E-state index in [-0.39, 0.29) is 24.5 Å². The number of allylic oxidation sites excluding steroid dienone is 3. The number of amides is 2. The van der Waals surface area contributed by atoms with Gasteiger partial charge in [-0.1, -0.05) is 63.9 Å². The second kappa shape index (κ2) is 18.7. The van der Waals surface area contributed by atoms with E-state index in [1.54, 1.807) is 53.8 Å². The molecule has 1 aromatic carbocycles. The third-order valence-corrected chi connectivity index (χ3v) is 11.9. The summed E-state index contributed by atoms with van der Waals surface area (Å²) in [5, 5.41) is 14.5. The number of ether oxygens (including phenoxy) is 7. The zero-order valence-corrected chi connectivity index (χ0v) is 33.4. The molecule has 8 atom stereocenters. The van der Waals surface area contributed by atoms with E-state index >= 15 is 0 Å². The number of hydrogen-bond donors (Lipinski definition) is 2. The summed E-state index contributed by atoms with van der Waals surface area (Å²) in [7, 11) is 9.32. The standard InChI is InChI=1S/C36H51ClN2O11S2/c1-21-11-9-12-28(46-7)36(43)19-26(48-34(42)38-36)22(2)32-35(3,50-32)29(49-33(41)27(45-6)20-47-13-10-14-52-51-8)18-30(40)39(4)24-16-23(15-21)17-25(44-5)31(24)37/h9,11-12,16-17,22,26-29,32,43H,10,13-15,18-20H2,1-8H3,(H,38,42)/b12-9+,21-11+/t22-,26?,27?,28-,29+,32+,35+,36+/m1/s1. The molecule has 3 heterocycles. The molecule has 4 bridgehead atoms. The van der Waals surface area contributed by atoms with E-state index in [1.165, 1.54) is 26.2 Å². The number of epoxide rings is 1. The van der Waals surface area contributed by atoms with Gasteiger partial charge in [-0.2, -0.15) is 0 Å². The lowest BCUT2D eigenvalue weighted by molar-refractivity contribution is -0.168. The summed E-state index contributed by atoms with van der Waals surface area (Å²) in [4.78, 5) is 41.9. The zero-order chi connectivity index (χ0) is 38.2. The molecule has 0 aromatic heterocycles. The number of alkyl carbamates (subject to hydrolysis) is 1. The lowest BCUT2D eigenvalue weighted by atomic mass is 9.83. The van der Waals surface area contributed by atoms with Crippen molar-refractivity contribution in [3.05, 3.63) is 46.5 Å². The van der Waals surface area contributed by atoms with E-state index in [4.69, 9.17) is 44.8 Å². The Bertz CT molecular complexity index is 1500. The number of hydrogen-bond acceptors (Lipinski definition) is 13. The number of halogens is 1. The summed E-state index contributed by atoms with van der Waals surface area (Å²) in [6, 6.07) is 3.61. The van der Waals surface area contributed by atoms with Crippen molar-refractivity contribution < 1.29 is 52.6 Å². The predicted octanol–water partition coefficient (Wildman–Crippen LogP) is 5.10. The van der Waals surface area contributed by atoms with Gasteiger partial charge in [-0.15, -0.1) is 0 Å². The molecular formula is C36H51ClN2O11S2. The number of carbonyl (C=O) groups excluding carboxylic acids is 3. The van der Waals surface area contributed by atoms with Crippen LogP contribution in [-0.2, 0) is 44.4 Å². The first kappa shape index (κ1) is 42.2. The van der Waals surface area contributed by atoms with Gasteiger partial charge in [-0.3, -0.25) is 10.1 Å². The van der Waals surface area contributed by atoms with Crippen LogP contribution in [0, 0.1) is 5.92 Å². The van der Waals surface area contributed by atoms with E-state index in [0.717, 1.165) is 23.3 Å². The number of aliphatic hydroxyl groups is 1. The molecule has 1 aromatic rings. The highest BCUT2D eigenvalue weighted by Crippen LogP contribution is 2.49. The average molecular weight is 787 g/mol. The van der Waals surface area contributed by atoms with Crippen LogP contribution in [0.5, 0.6) is 5.75 Å². The molecule has 0 saturated carbocycles. The molecule has 2 N–H and O–H groups in total. The number of fused-ring (bicyclic) bond motifs is 5. The van der Waals surface area contributed by atoms with Gasteiger partial charge in [0.15, 0.2) is 11.8 Å². The summed E-state index contributed by atoms with van der Waals surface area (Å²) in [6.45, 7) is 5.89. The molecule has 3 aliphatic rings. The number of methoxy groups -OCH3 is 3. The largest absolute Gasteiger partial charge is 0.495 e. The minimum atomic E-state index is -1.81. The third-order valence-electron chi connectivity index (χ3n) is 9.66. The van der Waals surface area contributed by atoms with E-state index in [0.29, 0.717) is 24.5 Å². The molecule has 2 fully saturated rings. The van der Waals surface area contributed by atoms with Crippen LogP contribution >= 0.6 is 33.2 Å². The van der Waals surface area contributed by atoms with Crippen molar-refractivity contribution in [1.82, 2.24) is 5.32 Å². The van der Waals surface area contributed by atoms with E-state index < -0.39 is 65.7 Å². The van der Waals surface area contributed by atoms with Gasteiger partial charge in [0, 0.05) is 46.0 Å². The zero-order valence-electron chi connectivity index (χ0n) is 31.0. The predicted molar refractivity (Wildman–Crippen MR) is 201 cm³/mol. The van der Waals surface area contributed by atoms with Crippen LogP contribution in [0.3, 0.4) is 0 Å². The molecule has 0 spiro atoms. The van der Waals surface area contributed by atoms with E-state index in [2.05, 4.69) is 5.32 Å². The second-order valence-electron chi connectivity index (χ2n) is 13.4. The van der Waals surface area contributed by atoms with Crippen LogP contribution in [0.1, 0.15) is 45.6 Å². The highest BCUT2D eigenvalue weighted by molar-refractivity contribution is 8.76. The molecule has 16 heteroatoms. The Balaban J connectivity index is 1.71. The van der Waals surface area contributed by atoms with Gasteiger partial charge in [0.05, 0.1) is 31.9 Å².